The number of rotatable bonds is 3. The first-order valence-electron chi connectivity index (χ1n) is 6.49. The average molecular weight is 309 g/mol. The Morgan fingerprint density at radius 1 is 1.29 bits per heavy atom. The molecule has 1 saturated carbocycles. The number of aryl methyl sites for hydroxylation is 1. The zero-order chi connectivity index (χ0) is 15.4. The largest absolute Gasteiger partial charge is 0.328 e. The van der Waals surface area contributed by atoms with Crippen LogP contribution in [0.1, 0.15) is 19.8 Å². The summed E-state index contributed by atoms with van der Waals surface area (Å²) in [5.41, 5.74) is -1.13. The van der Waals surface area contributed by atoms with Gasteiger partial charge in [0.2, 0.25) is 10.0 Å². The van der Waals surface area contributed by atoms with Crippen LogP contribution >= 0.6 is 0 Å². The highest BCUT2D eigenvalue weighted by Crippen LogP contribution is 2.36. The van der Waals surface area contributed by atoms with Gasteiger partial charge in [0.15, 0.2) is 0 Å². The molecule has 3 rings (SSSR count). The Kier molecular flexibility index (Phi) is 2.86. The first-order valence-corrected chi connectivity index (χ1v) is 7.97. The van der Waals surface area contributed by atoms with Crippen LogP contribution < -0.4 is 16.0 Å². The number of H-pyrrole nitrogens is 1. The summed E-state index contributed by atoms with van der Waals surface area (Å²) in [6.45, 7) is 1.84. The SMILES string of the molecule is Cn1c(=O)[nH]c(=O)c2cc(S(=O)(=O)NC3(C)CC3)ccc21. The van der Waals surface area contributed by atoms with E-state index in [-0.39, 0.29) is 15.8 Å². The van der Waals surface area contributed by atoms with Crippen LogP contribution in [0.5, 0.6) is 0 Å². The van der Waals surface area contributed by atoms with Crippen LogP contribution in [0.3, 0.4) is 0 Å². The van der Waals surface area contributed by atoms with E-state index >= 15 is 0 Å². The molecule has 1 aromatic heterocycles. The third kappa shape index (κ3) is 2.40. The fourth-order valence-electron chi connectivity index (χ4n) is 2.19. The summed E-state index contributed by atoms with van der Waals surface area (Å²) in [5, 5.41) is 0.168. The summed E-state index contributed by atoms with van der Waals surface area (Å²) >= 11 is 0. The molecular weight excluding hydrogens is 294 g/mol. The molecule has 1 fully saturated rings. The van der Waals surface area contributed by atoms with Gasteiger partial charge < -0.3 is 0 Å². The molecule has 0 atom stereocenters. The molecule has 1 aliphatic carbocycles. The molecule has 1 aliphatic rings. The highest BCUT2D eigenvalue weighted by Gasteiger charge is 2.41. The number of nitrogens with one attached hydrogen (secondary N) is 2. The Balaban J connectivity index is 2.18. The number of hydrogen-bond acceptors (Lipinski definition) is 4. The lowest BCUT2D eigenvalue weighted by Crippen LogP contribution is -2.34. The molecule has 0 unspecified atom stereocenters. The van der Waals surface area contributed by atoms with E-state index in [1.807, 2.05) is 6.92 Å². The second-order valence-corrected chi connectivity index (χ2v) is 7.35. The first-order chi connectivity index (χ1) is 9.72. The highest BCUT2D eigenvalue weighted by atomic mass is 32.2. The molecule has 0 amide bonds. The van der Waals surface area contributed by atoms with Crippen LogP contribution in [-0.2, 0) is 17.1 Å². The van der Waals surface area contributed by atoms with Crippen molar-refractivity contribution in [1.29, 1.82) is 0 Å². The Morgan fingerprint density at radius 3 is 2.57 bits per heavy atom. The quantitative estimate of drug-likeness (QED) is 0.837. The molecule has 0 saturated heterocycles. The molecule has 2 N–H and O–H groups in total. The van der Waals surface area contributed by atoms with Gasteiger partial charge in [-0.1, -0.05) is 0 Å². The fourth-order valence-corrected chi connectivity index (χ4v) is 3.68. The van der Waals surface area contributed by atoms with Gasteiger partial charge in [-0.25, -0.2) is 17.9 Å². The molecule has 7 nitrogen and oxygen atoms in total. The van der Waals surface area contributed by atoms with Crippen molar-refractivity contribution in [2.24, 2.45) is 7.05 Å². The van der Waals surface area contributed by atoms with E-state index in [1.54, 1.807) is 0 Å². The second-order valence-electron chi connectivity index (χ2n) is 5.66. The van der Waals surface area contributed by atoms with Gasteiger partial charge in [0.25, 0.3) is 5.56 Å². The van der Waals surface area contributed by atoms with Crippen molar-refractivity contribution in [1.82, 2.24) is 14.3 Å². The summed E-state index contributed by atoms with van der Waals surface area (Å²) in [5.74, 6) is 0. The average Bonchev–Trinajstić information content (AvgIpc) is 3.12. The maximum absolute atomic E-state index is 12.3. The fraction of sp³-hybridized carbons (Fsp3) is 0.385. The van der Waals surface area contributed by atoms with Crippen LogP contribution in [0.2, 0.25) is 0 Å². The Morgan fingerprint density at radius 2 is 1.95 bits per heavy atom. The van der Waals surface area contributed by atoms with Crippen molar-refractivity contribution in [2.45, 2.75) is 30.2 Å². The van der Waals surface area contributed by atoms with E-state index in [9.17, 15) is 18.0 Å². The van der Waals surface area contributed by atoms with E-state index in [4.69, 9.17) is 0 Å². The molecule has 0 spiro atoms. The van der Waals surface area contributed by atoms with Gasteiger partial charge in [-0.15, -0.1) is 0 Å². The van der Waals surface area contributed by atoms with Crippen molar-refractivity contribution in [3.63, 3.8) is 0 Å². The standard InChI is InChI=1S/C13H15N3O4S/c1-13(5-6-13)15-21(19,20)8-3-4-10-9(7-8)11(17)14-12(18)16(10)2/h3-4,7,15H,5-6H2,1-2H3,(H,14,17,18). The van der Waals surface area contributed by atoms with Gasteiger partial charge >= 0.3 is 5.69 Å². The lowest BCUT2D eigenvalue weighted by Gasteiger charge is -2.13. The third-order valence-electron chi connectivity index (χ3n) is 3.79. The number of sulfonamides is 1. The van der Waals surface area contributed by atoms with Crippen LogP contribution in [0.15, 0.2) is 32.7 Å². The van der Waals surface area contributed by atoms with Gasteiger partial charge in [-0.2, -0.15) is 0 Å². The number of aromatic amines is 1. The number of nitrogens with zero attached hydrogens (tertiary/aromatic N) is 1. The summed E-state index contributed by atoms with van der Waals surface area (Å²) in [7, 11) is -2.16. The highest BCUT2D eigenvalue weighted by molar-refractivity contribution is 7.89. The smallest absolute Gasteiger partial charge is 0.296 e. The van der Waals surface area contributed by atoms with E-state index in [2.05, 4.69) is 9.71 Å². The number of aromatic nitrogens is 2. The van der Waals surface area contributed by atoms with Crippen LogP contribution in [-0.4, -0.2) is 23.5 Å². The van der Waals surface area contributed by atoms with E-state index in [1.165, 1.54) is 29.8 Å². The molecule has 112 valence electrons. The summed E-state index contributed by atoms with van der Waals surface area (Å²) in [6.07, 6.45) is 1.60. The minimum atomic E-state index is -3.68. The Bertz CT molecular complexity index is 952. The van der Waals surface area contributed by atoms with Crippen molar-refractivity contribution in [3.8, 4) is 0 Å². The molecule has 1 aromatic carbocycles. The minimum absolute atomic E-state index is 0.0206. The molecule has 1 heterocycles. The number of fused-ring (bicyclic) bond motifs is 1. The normalized spacial score (nSPS) is 17.0. The lowest BCUT2D eigenvalue weighted by molar-refractivity contribution is 0.558. The second kappa shape index (κ2) is 4.28. The van der Waals surface area contributed by atoms with E-state index < -0.39 is 21.3 Å². The summed E-state index contributed by atoms with van der Waals surface area (Å²) < 4.78 is 28.5. The molecule has 2 aromatic rings. The van der Waals surface area contributed by atoms with E-state index in [0.29, 0.717) is 5.52 Å². The number of benzene rings is 1. The van der Waals surface area contributed by atoms with Crippen molar-refractivity contribution in [2.75, 3.05) is 0 Å². The summed E-state index contributed by atoms with van der Waals surface area (Å²) in [6, 6.07) is 4.16. The molecule has 8 heteroatoms. The molecule has 0 aliphatic heterocycles. The zero-order valence-electron chi connectivity index (χ0n) is 11.6. The maximum atomic E-state index is 12.3. The van der Waals surface area contributed by atoms with Gasteiger partial charge in [0.1, 0.15) is 0 Å². The van der Waals surface area contributed by atoms with Crippen LogP contribution in [0, 0.1) is 0 Å². The monoisotopic (exact) mass is 309 g/mol. The van der Waals surface area contributed by atoms with Gasteiger partial charge in [-0.05, 0) is 38.0 Å². The lowest BCUT2D eigenvalue weighted by atomic mass is 10.2. The molecular formula is C13H15N3O4S. The number of hydrogen-bond donors (Lipinski definition) is 2. The molecule has 0 bridgehead atoms. The van der Waals surface area contributed by atoms with Gasteiger partial charge in [0, 0.05) is 12.6 Å². The van der Waals surface area contributed by atoms with Crippen LogP contribution in [0.4, 0.5) is 0 Å². The van der Waals surface area contributed by atoms with Gasteiger partial charge in [-0.3, -0.25) is 14.3 Å². The Labute approximate surface area is 120 Å². The first kappa shape index (κ1) is 14.0. The topological polar surface area (TPSA) is 101 Å². The minimum Gasteiger partial charge on any atom is -0.296 e. The predicted octanol–water partition coefficient (Wildman–Crippen LogP) is 0.0576. The van der Waals surface area contributed by atoms with Crippen molar-refractivity contribution < 1.29 is 8.42 Å². The van der Waals surface area contributed by atoms with Crippen molar-refractivity contribution >= 4 is 20.9 Å². The van der Waals surface area contributed by atoms with Gasteiger partial charge in [0.05, 0.1) is 15.8 Å². The third-order valence-corrected chi connectivity index (χ3v) is 5.43. The molecule has 0 radical (unpaired) electrons. The van der Waals surface area contributed by atoms with Crippen LogP contribution in [0.25, 0.3) is 10.9 Å². The Hall–Kier alpha value is -1.93. The van der Waals surface area contributed by atoms with Crippen molar-refractivity contribution in [3.05, 3.63) is 39.0 Å². The van der Waals surface area contributed by atoms with E-state index in [0.717, 1.165) is 12.8 Å². The molecule has 21 heavy (non-hydrogen) atoms. The zero-order valence-corrected chi connectivity index (χ0v) is 12.5. The summed E-state index contributed by atoms with van der Waals surface area (Å²) in [4.78, 5) is 25.5. The maximum Gasteiger partial charge on any atom is 0.328 e. The predicted molar refractivity (Wildman–Crippen MR) is 77.8 cm³/mol.